The van der Waals surface area contributed by atoms with E-state index in [1.165, 1.54) is 4.90 Å². The summed E-state index contributed by atoms with van der Waals surface area (Å²) in [7, 11) is 0. The molecule has 3 N–H and O–H groups in total. The smallest absolute Gasteiger partial charge is 0.327 e. The lowest BCUT2D eigenvalue weighted by atomic mass is 10.1. The molecular formula is C15H20N2O3. The van der Waals surface area contributed by atoms with Crippen LogP contribution in [0.15, 0.2) is 24.3 Å². The molecule has 1 aliphatic rings. The first-order chi connectivity index (χ1) is 9.56. The molecule has 0 aromatic heterocycles. The zero-order valence-electron chi connectivity index (χ0n) is 11.6. The second-order valence-electron chi connectivity index (χ2n) is 5.14. The van der Waals surface area contributed by atoms with Gasteiger partial charge in [0.1, 0.15) is 6.04 Å². The highest BCUT2D eigenvalue weighted by Crippen LogP contribution is 2.32. The highest BCUT2D eigenvalue weighted by Gasteiger charge is 2.39. The highest BCUT2D eigenvalue weighted by atomic mass is 16.4. The zero-order chi connectivity index (χ0) is 14.7. The molecule has 1 amide bonds. The molecule has 0 spiro atoms. The summed E-state index contributed by atoms with van der Waals surface area (Å²) < 4.78 is 0. The molecule has 0 saturated heterocycles. The van der Waals surface area contributed by atoms with Crippen LogP contribution < -0.4 is 10.6 Å². The number of anilines is 1. The fourth-order valence-electron chi connectivity index (χ4n) is 2.58. The SMILES string of the molecule is CCCC[C@H](N)C(=O)N1c2ccccc2C[C@H]1C(=O)O. The molecule has 0 bridgehead atoms. The van der Waals surface area contributed by atoms with Gasteiger partial charge in [0.2, 0.25) is 5.91 Å². The Kier molecular flexibility index (Phi) is 4.39. The van der Waals surface area contributed by atoms with E-state index in [1.807, 2.05) is 19.1 Å². The van der Waals surface area contributed by atoms with Gasteiger partial charge in [-0.05, 0) is 18.1 Å². The van der Waals surface area contributed by atoms with E-state index in [4.69, 9.17) is 5.73 Å². The standard InChI is InChI=1S/C15H20N2O3/c1-2-3-7-11(16)14(18)17-12-8-5-4-6-10(12)9-13(17)15(19)20/h4-6,8,11,13H,2-3,7,9,16H2,1H3,(H,19,20)/t11-,13-/m0/s1. The molecule has 1 aromatic carbocycles. The number of nitrogens with zero attached hydrogens (tertiary/aromatic N) is 1. The molecule has 0 radical (unpaired) electrons. The van der Waals surface area contributed by atoms with E-state index in [1.54, 1.807) is 12.1 Å². The minimum absolute atomic E-state index is 0.296. The number of rotatable bonds is 5. The predicted octanol–water partition coefficient (Wildman–Crippen LogP) is 1.55. The minimum atomic E-state index is -0.989. The Morgan fingerprint density at radius 1 is 1.45 bits per heavy atom. The summed E-state index contributed by atoms with van der Waals surface area (Å²) >= 11 is 0. The largest absolute Gasteiger partial charge is 0.480 e. The third-order valence-electron chi connectivity index (χ3n) is 3.68. The van der Waals surface area contributed by atoms with Gasteiger partial charge in [0, 0.05) is 12.1 Å². The van der Waals surface area contributed by atoms with E-state index in [2.05, 4.69) is 0 Å². The van der Waals surface area contributed by atoms with Crippen molar-refractivity contribution >= 4 is 17.6 Å². The van der Waals surface area contributed by atoms with Crippen molar-refractivity contribution in [1.29, 1.82) is 0 Å². The molecule has 1 aromatic rings. The van der Waals surface area contributed by atoms with E-state index in [-0.39, 0.29) is 5.91 Å². The average molecular weight is 276 g/mol. The fourth-order valence-corrected chi connectivity index (χ4v) is 2.58. The lowest BCUT2D eigenvalue weighted by Crippen LogP contribution is -2.50. The third kappa shape index (κ3) is 2.67. The number of carbonyl (C=O) groups excluding carboxylic acids is 1. The molecule has 0 aliphatic carbocycles. The van der Waals surface area contributed by atoms with Gasteiger partial charge >= 0.3 is 5.97 Å². The second-order valence-corrected chi connectivity index (χ2v) is 5.14. The maximum Gasteiger partial charge on any atom is 0.327 e. The van der Waals surface area contributed by atoms with Crippen LogP contribution >= 0.6 is 0 Å². The summed E-state index contributed by atoms with van der Waals surface area (Å²) in [6, 6.07) is 5.82. The average Bonchev–Trinajstić information content (AvgIpc) is 2.83. The molecule has 0 fully saturated rings. The molecular weight excluding hydrogens is 256 g/mol. The van der Waals surface area contributed by atoms with Crippen molar-refractivity contribution in [3.05, 3.63) is 29.8 Å². The molecule has 0 unspecified atom stereocenters. The summed E-state index contributed by atoms with van der Waals surface area (Å²) in [4.78, 5) is 25.2. The monoisotopic (exact) mass is 276 g/mol. The van der Waals surface area contributed by atoms with Crippen molar-refractivity contribution in [1.82, 2.24) is 0 Å². The van der Waals surface area contributed by atoms with Crippen molar-refractivity contribution < 1.29 is 14.7 Å². The Labute approximate surface area is 118 Å². The fraction of sp³-hybridized carbons (Fsp3) is 0.467. The highest BCUT2D eigenvalue weighted by molar-refractivity contribution is 6.04. The minimum Gasteiger partial charge on any atom is -0.480 e. The van der Waals surface area contributed by atoms with Crippen LogP contribution in [0.5, 0.6) is 0 Å². The van der Waals surface area contributed by atoms with E-state index in [9.17, 15) is 14.7 Å². The van der Waals surface area contributed by atoms with Crippen LogP contribution in [0.2, 0.25) is 0 Å². The lowest BCUT2D eigenvalue weighted by molar-refractivity contribution is -0.140. The Balaban J connectivity index is 2.26. The number of nitrogens with two attached hydrogens (primary N) is 1. The van der Waals surface area contributed by atoms with Gasteiger partial charge in [-0.2, -0.15) is 0 Å². The maximum absolute atomic E-state index is 12.5. The van der Waals surface area contributed by atoms with Gasteiger partial charge in [-0.25, -0.2) is 4.79 Å². The third-order valence-corrected chi connectivity index (χ3v) is 3.68. The molecule has 20 heavy (non-hydrogen) atoms. The summed E-state index contributed by atoms with van der Waals surface area (Å²) in [5.74, 6) is -1.28. The molecule has 2 rings (SSSR count). The number of carboxylic acid groups (broad SMARTS) is 1. The summed E-state index contributed by atoms with van der Waals surface area (Å²) in [5.41, 5.74) is 7.48. The number of carbonyl (C=O) groups is 2. The zero-order valence-corrected chi connectivity index (χ0v) is 11.6. The number of fused-ring (bicyclic) bond motifs is 1. The number of para-hydroxylation sites is 1. The van der Waals surface area contributed by atoms with Gasteiger partial charge < -0.3 is 10.8 Å². The molecule has 0 saturated carbocycles. The molecule has 5 heteroatoms. The first kappa shape index (κ1) is 14.5. The number of hydrogen-bond acceptors (Lipinski definition) is 3. The van der Waals surface area contributed by atoms with Gasteiger partial charge in [0.05, 0.1) is 6.04 Å². The van der Waals surface area contributed by atoms with Gasteiger partial charge in [-0.3, -0.25) is 9.69 Å². The summed E-state index contributed by atoms with van der Waals surface area (Å²) in [6.07, 6.45) is 2.75. The van der Waals surface area contributed by atoms with Crippen LogP contribution in [0.25, 0.3) is 0 Å². The van der Waals surface area contributed by atoms with Crippen LogP contribution in [-0.2, 0) is 16.0 Å². The van der Waals surface area contributed by atoms with Gasteiger partial charge in [-0.15, -0.1) is 0 Å². The van der Waals surface area contributed by atoms with Gasteiger partial charge in [0.25, 0.3) is 0 Å². The second kappa shape index (κ2) is 6.05. The first-order valence-electron chi connectivity index (χ1n) is 6.95. The Morgan fingerprint density at radius 2 is 2.15 bits per heavy atom. The molecule has 2 atom stereocenters. The van der Waals surface area contributed by atoms with Gasteiger partial charge in [-0.1, -0.05) is 38.0 Å². The number of benzene rings is 1. The Morgan fingerprint density at radius 3 is 2.80 bits per heavy atom. The number of unbranched alkanes of at least 4 members (excludes halogenated alkanes) is 1. The lowest BCUT2D eigenvalue weighted by Gasteiger charge is -2.25. The normalized spacial score (nSPS) is 18.7. The quantitative estimate of drug-likeness (QED) is 0.854. The summed E-state index contributed by atoms with van der Waals surface area (Å²) in [6.45, 7) is 2.03. The predicted molar refractivity (Wildman–Crippen MR) is 76.6 cm³/mol. The number of carboxylic acids is 1. The first-order valence-corrected chi connectivity index (χ1v) is 6.95. The Bertz CT molecular complexity index is 516. The van der Waals surface area contributed by atoms with Crippen LogP contribution in [0, 0.1) is 0 Å². The van der Waals surface area contributed by atoms with E-state index < -0.39 is 18.1 Å². The van der Waals surface area contributed by atoms with Crippen molar-refractivity contribution in [3.8, 4) is 0 Å². The molecule has 108 valence electrons. The topological polar surface area (TPSA) is 83.6 Å². The van der Waals surface area contributed by atoms with Crippen LogP contribution in [0.1, 0.15) is 31.7 Å². The van der Waals surface area contributed by atoms with Crippen molar-refractivity contribution in [2.45, 2.75) is 44.7 Å². The van der Waals surface area contributed by atoms with Gasteiger partial charge in [0.15, 0.2) is 0 Å². The van der Waals surface area contributed by atoms with Crippen LogP contribution in [0.4, 0.5) is 5.69 Å². The number of aliphatic carboxylic acids is 1. The van der Waals surface area contributed by atoms with Crippen LogP contribution in [0.3, 0.4) is 0 Å². The molecule has 1 heterocycles. The number of amides is 1. The van der Waals surface area contributed by atoms with E-state index >= 15 is 0 Å². The van der Waals surface area contributed by atoms with Crippen LogP contribution in [-0.4, -0.2) is 29.1 Å². The van der Waals surface area contributed by atoms with E-state index in [0.717, 1.165) is 18.4 Å². The van der Waals surface area contributed by atoms with E-state index in [0.29, 0.717) is 18.5 Å². The maximum atomic E-state index is 12.5. The molecule has 5 nitrogen and oxygen atoms in total. The summed E-state index contributed by atoms with van der Waals surface area (Å²) in [5, 5.41) is 9.33. The van der Waals surface area contributed by atoms with Crippen molar-refractivity contribution in [3.63, 3.8) is 0 Å². The van der Waals surface area contributed by atoms with Crippen molar-refractivity contribution in [2.75, 3.05) is 4.90 Å². The molecule has 1 aliphatic heterocycles. The number of hydrogen-bond donors (Lipinski definition) is 2. The van der Waals surface area contributed by atoms with Crippen molar-refractivity contribution in [2.24, 2.45) is 5.73 Å². The Hall–Kier alpha value is -1.88.